The molecule has 1 fully saturated rings. The van der Waals surface area contributed by atoms with Gasteiger partial charge in [0.2, 0.25) is 5.91 Å². The molecule has 0 aliphatic carbocycles. The molecule has 1 saturated heterocycles. The van der Waals surface area contributed by atoms with E-state index >= 15 is 0 Å². The number of carbonyl (C=O) groups is 1. The summed E-state index contributed by atoms with van der Waals surface area (Å²) < 4.78 is 0. The van der Waals surface area contributed by atoms with Crippen molar-refractivity contribution >= 4 is 39.3 Å². The minimum absolute atomic E-state index is 0.0373. The molecule has 0 N–H and O–H groups in total. The minimum Gasteiger partial charge on any atom is -0.334 e. The fraction of sp³-hybridized carbons (Fsp3) is 0.294. The Labute approximate surface area is 133 Å². The second kappa shape index (κ2) is 5.32. The van der Waals surface area contributed by atoms with E-state index in [1.54, 1.807) is 11.8 Å². The standard InChI is InChI=1S/C17H17N3OS/c1-2-15-16(21)20-11-19(10-18-17(20)22-15)14-8-7-12-5-3-4-6-13(12)9-14/h3-9,15H,2,10-11H2,1H3/t15-/m1/s1. The zero-order valence-corrected chi connectivity index (χ0v) is 13.2. The van der Waals surface area contributed by atoms with Gasteiger partial charge in [0.05, 0.1) is 5.25 Å². The fourth-order valence-corrected chi connectivity index (χ4v) is 3.97. The minimum atomic E-state index is 0.0373. The van der Waals surface area contributed by atoms with Gasteiger partial charge >= 0.3 is 0 Å². The van der Waals surface area contributed by atoms with E-state index in [0.717, 1.165) is 17.3 Å². The van der Waals surface area contributed by atoms with Crippen LogP contribution in [0.4, 0.5) is 5.69 Å². The molecule has 0 aromatic heterocycles. The van der Waals surface area contributed by atoms with Crippen LogP contribution in [0.25, 0.3) is 10.8 Å². The van der Waals surface area contributed by atoms with Gasteiger partial charge in [-0.2, -0.15) is 0 Å². The second-order valence-corrected chi connectivity index (χ2v) is 6.75. The van der Waals surface area contributed by atoms with Crippen molar-refractivity contribution in [3.8, 4) is 0 Å². The Morgan fingerprint density at radius 2 is 2.05 bits per heavy atom. The summed E-state index contributed by atoms with van der Waals surface area (Å²) in [4.78, 5) is 20.9. The van der Waals surface area contributed by atoms with Crippen LogP contribution >= 0.6 is 11.8 Å². The van der Waals surface area contributed by atoms with Crippen LogP contribution in [-0.4, -0.2) is 34.6 Å². The van der Waals surface area contributed by atoms with E-state index in [-0.39, 0.29) is 11.2 Å². The molecule has 2 aliphatic heterocycles. The lowest BCUT2D eigenvalue weighted by Crippen LogP contribution is -2.45. The Morgan fingerprint density at radius 1 is 1.23 bits per heavy atom. The number of amides is 1. The van der Waals surface area contributed by atoms with Crippen molar-refractivity contribution in [3.63, 3.8) is 0 Å². The van der Waals surface area contributed by atoms with Crippen molar-refractivity contribution in [1.29, 1.82) is 0 Å². The monoisotopic (exact) mass is 311 g/mol. The Bertz CT molecular complexity index is 773. The fourth-order valence-electron chi connectivity index (χ4n) is 2.92. The lowest BCUT2D eigenvalue weighted by Gasteiger charge is -2.32. The molecule has 2 heterocycles. The SMILES string of the molecule is CC[C@H]1SC2=NCN(c3ccc4ccccc4c3)CN2C1=O. The Morgan fingerprint density at radius 3 is 2.86 bits per heavy atom. The van der Waals surface area contributed by atoms with Crippen LogP contribution in [0.1, 0.15) is 13.3 Å². The topological polar surface area (TPSA) is 35.9 Å². The molecule has 0 bridgehead atoms. The van der Waals surface area contributed by atoms with Crippen LogP contribution in [0, 0.1) is 0 Å². The third-order valence-electron chi connectivity index (χ3n) is 4.18. The van der Waals surface area contributed by atoms with Gasteiger partial charge in [0.1, 0.15) is 13.3 Å². The first kappa shape index (κ1) is 13.6. The van der Waals surface area contributed by atoms with Crippen molar-refractivity contribution in [2.45, 2.75) is 18.6 Å². The highest BCUT2D eigenvalue weighted by atomic mass is 32.2. The number of thioether (sulfide) groups is 1. The number of rotatable bonds is 2. The van der Waals surface area contributed by atoms with E-state index in [0.29, 0.717) is 13.3 Å². The van der Waals surface area contributed by atoms with E-state index in [1.165, 1.54) is 10.8 Å². The summed E-state index contributed by atoms with van der Waals surface area (Å²) in [7, 11) is 0. The molecule has 22 heavy (non-hydrogen) atoms. The molecule has 4 nitrogen and oxygen atoms in total. The van der Waals surface area contributed by atoms with Crippen molar-refractivity contribution < 1.29 is 4.79 Å². The average Bonchev–Trinajstić information content (AvgIpc) is 2.90. The first-order valence-electron chi connectivity index (χ1n) is 7.52. The van der Waals surface area contributed by atoms with Gasteiger partial charge in [-0.05, 0) is 29.3 Å². The van der Waals surface area contributed by atoms with E-state index in [2.05, 4.69) is 47.1 Å². The number of nitrogens with zero attached hydrogens (tertiary/aromatic N) is 3. The van der Waals surface area contributed by atoms with Crippen molar-refractivity contribution in [3.05, 3.63) is 42.5 Å². The molecule has 0 spiro atoms. The first-order chi connectivity index (χ1) is 10.8. The maximum Gasteiger partial charge on any atom is 0.243 e. The summed E-state index contributed by atoms with van der Waals surface area (Å²) >= 11 is 1.60. The highest BCUT2D eigenvalue weighted by Gasteiger charge is 2.39. The predicted octanol–water partition coefficient (Wildman–Crippen LogP) is 3.28. The Hall–Kier alpha value is -2.01. The molecular weight excluding hydrogens is 294 g/mol. The van der Waals surface area contributed by atoms with Gasteiger partial charge in [0, 0.05) is 5.69 Å². The van der Waals surface area contributed by atoms with Crippen LogP contribution < -0.4 is 4.90 Å². The molecule has 5 heteroatoms. The number of aliphatic imine (C=N–C) groups is 1. The van der Waals surface area contributed by atoms with Crippen molar-refractivity contribution in [2.75, 3.05) is 18.2 Å². The van der Waals surface area contributed by atoms with Crippen molar-refractivity contribution in [2.24, 2.45) is 4.99 Å². The predicted molar refractivity (Wildman–Crippen MR) is 92.1 cm³/mol. The zero-order valence-electron chi connectivity index (χ0n) is 12.4. The molecule has 2 aromatic carbocycles. The van der Waals surface area contributed by atoms with Gasteiger partial charge in [-0.25, -0.2) is 4.99 Å². The van der Waals surface area contributed by atoms with E-state index in [9.17, 15) is 4.79 Å². The Balaban J connectivity index is 1.63. The lowest BCUT2D eigenvalue weighted by atomic mass is 10.1. The van der Waals surface area contributed by atoms with Crippen LogP contribution in [-0.2, 0) is 4.79 Å². The molecule has 0 saturated carbocycles. The first-order valence-corrected chi connectivity index (χ1v) is 8.40. The largest absolute Gasteiger partial charge is 0.334 e. The molecular formula is C17H17N3OS. The summed E-state index contributed by atoms with van der Waals surface area (Å²) in [6, 6.07) is 14.7. The summed E-state index contributed by atoms with van der Waals surface area (Å²) in [5, 5.41) is 3.36. The number of hydrogen-bond acceptors (Lipinski definition) is 4. The average molecular weight is 311 g/mol. The van der Waals surface area contributed by atoms with Crippen LogP contribution in [0.2, 0.25) is 0 Å². The highest BCUT2D eigenvalue weighted by Crippen LogP contribution is 2.33. The number of hydrogen-bond donors (Lipinski definition) is 0. The number of fused-ring (bicyclic) bond motifs is 2. The second-order valence-electron chi connectivity index (χ2n) is 5.58. The van der Waals surface area contributed by atoms with Gasteiger partial charge in [-0.15, -0.1) is 0 Å². The lowest BCUT2D eigenvalue weighted by molar-refractivity contribution is -0.126. The van der Waals surface area contributed by atoms with Gasteiger partial charge in [-0.3, -0.25) is 9.69 Å². The smallest absolute Gasteiger partial charge is 0.243 e. The zero-order chi connectivity index (χ0) is 15.1. The third-order valence-corrected chi connectivity index (χ3v) is 5.56. The number of benzene rings is 2. The van der Waals surface area contributed by atoms with E-state index < -0.39 is 0 Å². The summed E-state index contributed by atoms with van der Waals surface area (Å²) in [5.74, 6) is 0.191. The quantitative estimate of drug-likeness (QED) is 0.854. The molecule has 1 amide bonds. The molecule has 1 atom stereocenters. The van der Waals surface area contributed by atoms with E-state index in [1.807, 2.05) is 17.0 Å². The van der Waals surface area contributed by atoms with Crippen LogP contribution in [0.15, 0.2) is 47.5 Å². The van der Waals surface area contributed by atoms with Crippen LogP contribution in [0.3, 0.4) is 0 Å². The van der Waals surface area contributed by atoms with Gasteiger partial charge in [0.15, 0.2) is 5.17 Å². The summed E-state index contributed by atoms with van der Waals surface area (Å²) in [6.45, 7) is 3.26. The highest BCUT2D eigenvalue weighted by molar-refractivity contribution is 8.15. The van der Waals surface area contributed by atoms with Crippen molar-refractivity contribution in [1.82, 2.24) is 4.90 Å². The molecule has 2 aromatic rings. The van der Waals surface area contributed by atoms with Gasteiger partial charge in [0.25, 0.3) is 0 Å². The molecule has 4 rings (SSSR count). The van der Waals surface area contributed by atoms with Gasteiger partial charge in [-0.1, -0.05) is 49.0 Å². The molecule has 112 valence electrons. The van der Waals surface area contributed by atoms with Gasteiger partial charge < -0.3 is 4.90 Å². The molecule has 2 aliphatic rings. The summed E-state index contributed by atoms with van der Waals surface area (Å²) in [5.41, 5.74) is 1.11. The maximum atomic E-state index is 12.4. The number of amidine groups is 1. The third kappa shape index (κ3) is 2.16. The molecule has 0 radical (unpaired) electrons. The normalized spacial score (nSPS) is 21.2. The Kier molecular flexibility index (Phi) is 3.30. The number of anilines is 1. The number of carbonyl (C=O) groups excluding carboxylic acids is 1. The maximum absolute atomic E-state index is 12.4. The molecule has 0 unspecified atom stereocenters. The van der Waals surface area contributed by atoms with E-state index in [4.69, 9.17) is 0 Å². The summed E-state index contributed by atoms with van der Waals surface area (Å²) in [6.07, 6.45) is 0.856. The van der Waals surface area contributed by atoms with Crippen LogP contribution in [0.5, 0.6) is 0 Å².